The zero-order valence-corrected chi connectivity index (χ0v) is 12.3. The van der Waals surface area contributed by atoms with E-state index in [0.717, 1.165) is 11.6 Å². The zero-order valence-electron chi connectivity index (χ0n) is 12.3. The van der Waals surface area contributed by atoms with Gasteiger partial charge in [0.1, 0.15) is 11.6 Å². The number of piperidine rings is 1. The summed E-state index contributed by atoms with van der Waals surface area (Å²) in [4.78, 5) is 8.70. The lowest BCUT2D eigenvalue weighted by molar-refractivity contribution is 0.135. The molecule has 1 aliphatic rings. The third-order valence-electron chi connectivity index (χ3n) is 3.54. The molecule has 1 aromatic rings. The number of aryl methyl sites for hydroxylation is 1. The standard InChI is InChI=1S/C14H24N4O/c1-5-19-14-9-13(15-12(4)16-14)17-18-10(2)7-6-8-11(18)3/h9-11H,5-8H2,1-4H3,(H,15,16,17). The zero-order chi connectivity index (χ0) is 13.8. The van der Waals surface area contributed by atoms with Crippen LogP contribution >= 0.6 is 0 Å². The number of nitrogens with zero attached hydrogens (tertiary/aromatic N) is 3. The first-order valence-corrected chi connectivity index (χ1v) is 7.13. The summed E-state index contributed by atoms with van der Waals surface area (Å²) < 4.78 is 5.46. The first-order chi connectivity index (χ1) is 9.10. The van der Waals surface area contributed by atoms with Gasteiger partial charge in [-0.25, -0.2) is 9.99 Å². The van der Waals surface area contributed by atoms with Gasteiger partial charge in [-0.2, -0.15) is 4.98 Å². The predicted molar refractivity (Wildman–Crippen MR) is 76.2 cm³/mol. The third kappa shape index (κ3) is 3.56. The Bertz CT molecular complexity index is 414. The fraction of sp³-hybridized carbons (Fsp3) is 0.714. The summed E-state index contributed by atoms with van der Waals surface area (Å²) in [5.41, 5.74) is 3.42. The maximum atomic E-state index is 5.46. The molecule has 2 atom stereocenters. The molecule has 5 nitrogen and oxygen atoms in total. The van der Waals surface area contributed by atoms with Gasteiger partial charge in [-0.15, -0.1) is 0 Å². The molecule has 2 unspecified atom stereocenters. The Labute approximate surface area is 115 Å². The largest absolute Gasteiger partial charge is 0.478 e. The second-order valence-electron chi connectivity index (χ2n) is 5.22. The van der Waals surface area contributed by atoms with Gasteiger partial charge < -0.3 is 10.2 Å². The van der Waals surface area contributed by atoms with Crippen molar-refractivity contribution in [1.82, 2.24) is 15.0 Å². The van der Waals surface area contributed by atoms with Crippen LogP contribution in [0.5, 0.6) is 5.88 Å². The van der Waals surface area contributed by atoms with Gasteiger partial charge >= 0.3 is 0 Å². The average Bonchev–Trinajstić information content (AvgIpc) is 2.34. The lowest BCUT2D eigenvalue weighted by Crippen LogP contribution is -2.47. The summed E-state index contributed by atoms with van der Waals surface area (Å²) in [6.07, 6.45) is 3.74. The normalized spacial score (nSPS) is 24.2. The molecular formula is C14H24N4O. The van der Waals surface area contributed by atoms with Crippen molar-refractivity contribution < 1.29 is 4.74 Å². The maximum absolute atomic E-state index is 5.46. The van der Waals surface area contributed by atoms with Gasteiger partial charge in [0.05, 0.1) is 6.61 Å². The molecule has 1 aliphatic heterocycles. The van der Waals surface area contributed by atoms with Crippen molar-refractivity contribution in [3.05, 3.63) is 11.9 Å². The lowest BCUT2D eigenvalue weighted by atomic mass is 10.00. The van der Waals surface area contributed by atoms with Gasteiger partial charge in [0.15, 0.2) is 0 Å². The molecular weight excluding hydrogens is 240 g/mol. The summed E-state index contributed by atoms with van der Waals surface area (Å²) in [7, 11) is 0. The SMILES string of the molecule is CCOc1cc(NN2C(C)CCCC2C)nc(C)n1. The van der Waals surface area contributed by atoms with E-state index in [9.17, 15) is 0 Å². The number of nitrogens with one attached hydrogen (secondary N) is 1. The third-order valence-corrected chi connectivity index (χ3v) is 3.54. The van der Waals surface area contributed by atoms with Crippen LogP contribution in [0, 0.1) is 6.92 Å². The Morgan fingerprint density at radius 2 is 2.00 bits per heavy atom. The number of aromatic nitrogens is 2. The van der Waals surface area contributed by atoms with Crippen LogP contribution in [0.1, 0.15) is 45.9 Å². The quantitative estimate of drug-likeness (QED) is 0.906. The van der Waals surface area contributed by atoms with Crippen LogP contribution < -0.4 is 10.2 Å². The van der Waals surface area contributed by atoms with Crippen LogP contribution in [0.15, 0.2) is 6.07 Å². The van der Waals surface area contributed by atoms with Crippen molar-refractivity contribution in [1.29, 1.82) is 0 Å². The van der Waals surface area contributed by atoms with Gasteiger partial charge in [0.2, 0.25) is 5.88 Å². The van der Waals surface area contributed by atoms with E-state index in [1.165, 1.54) is 19.3 Å². The van der Waals surface area contributed by atoms with Crippen LogP contribution in [0.25, 0.3) is 0 Å². The monoisotopic (exact) mass is 264 g/mol. The number of hydrogen-bond acceptors (Lipinski definition) is 5. The average molecular weight is 264 g/mol. The summed E-state index contributed by atoms with van der Waals surface area (Å²) >= 11 is 0. The second-order valence-corrected chi connectivity index (χ2v) is 5.22. The highest BCUT2D eigenvalue weighted by Crippen LogP contribution is 2.23. The van der Waals surface area contributed by atoms with Crippen LogP contribution in [0.2, 0.25) is 0 Å². The number of anilines is 1. The molecule has 1 fully saturated rings. The molecule has 1 aromatic heterocycles. The van der Waals surface area contributed by atoms with E-state index < -0.39 is 0 Å². The Morgan fingerprint density at radius 3 is 2.63 bits per heavy atom. The molecule has 2 heterocycles. The summed E-state index contributed by atoms with van der Waals surface area (Å²) in [6.45, 7) is 8.96. The highest BCUT2D eigenvalue weighted by Gasteiger charge is 2.25. The molecule has 0 spiro atoms. The number of rotatable bonds is 4. The molecule has 0 radical (unpaired) electrons. The Morgan fingerprint density at radius 1 is 1.32 bits per heavy atom. The molecule has 19 heavy (non-hydrogen) atoms. The van der Waals surface area contributed by atoms with Gasteiger partial charge in [0.25, 0.3) is 0 Å². The first kappa shape index (κ1) is 14.1. The van der Waals surface area contributed by atoms with Crippen LogP contribution in [-0.4, -0.2) is 33.7 Å². The Balaban J connectivity index is 2.13. The lowest BCUT2D eigenvalue weighted by Gasteiger charge is -2.39. The summed E-state index contributed by atoms with van der Waals surface area (Å²) in [5.74, 6) is 2.18. The predicted octanol–water partition coefficient (Wildman–Crippen LogP) is 2.77. The summed E-state index contributed by atoms with van der Waals surface area (Å²) in [5, 5.41) is 2.29. The Kier molecular flexibility index (Phi) is 4.58. The van der Waals surface area contributed by atoms with Crippen molar-refractivity contribution in [2.75, 3.05) is 12.0 Å². The van der Waals surface area contributed by atoms with E-state index in [1.807, 2.05) is 19.9 Å². The molecule has 0 bridgehead atoms. The van der Waals surface area contributed by atoms with Gasteiger partial charge in [-0.3, -0.25) is 0 Å². The van der Waals surface area contributed by atoms with E-state index >= 15 is 0 Å². The number of hydrogen-bond donors (Lipinski definition) is 1. The summed E-state index contributed by atoms with van der Waals surface area (Å²) in [6, 6.07) is 2.91. The minimum atomic E-state index is 0.523. The maximum Gasteiger partial charge on any atom is 0.218 e. The Hall–Kier alpha value is -1.36. The smallest absolute Gasteiger partial charge is 0.218 e. The van der Waals surface area contributed by atoms with E-state index in [-0.39, 0.29) is 0 Å². The van der Waals surface area contributed by atoms with Gasteiger partial charge in [0, 0.05) is 18.2 Å². The minimum absolute atomic E-state index is 0.523. The molecule has 2 rings (SSSR count). The molecule has 106 valence electrons. The van der Waals surface area contributed by atoms with E-state index in [0.29, 0.717) is 24.6 Å². The fourth-order valence-corrected chi connectivity index (χ4v) is 2.59. The molecule has 0 aliphatic carbocycles. The van der Waals surface area contributed by atoms with Crippen molar-refractivity contribution in [2.45, 2.75) is 59.0 Å². The van der Waals surface area contributed by atoms with Crippen LogP contribution in [-0.2, 0) is 0 Å². The second kappa shape index (κ2) is 6.19. The first-order valence-electron chi connectivity index (χ1n) is 7.13. The van der Waals surface area contributed by atoms with Crippen molar-refractivity contribution >= 4 is 5.82 Å². The molecule has 1 saturated heterocycles. The molecule has 1 N–H and O–H groups in total. The highest BCUT2D eigenvalue weighted by atomic mass is 16.5. The number of hydrazine groups is 1. The van der Waals surface area contributed by atoms with Crippen LogP contribution in [0.3, 0.4) is 0 Å². The fourth-order valence-electron chi connectivity index (χ4n) is 2.59. The van der Waals surface area contributed by atoms with Crippen molar-refractivity contribution in [3.63, 3.8) is 0 Å². The highest BCUT2D eigenvalue weighted by molar-refractivity contribution is 5.37. The van der Waals surface area contributed by atoms with Crippen molar-refractivity contribution in [3.8, 4) is 5.88 Å². The van der Waals surface area contributed by atoms with E-state index in [2.05, 4.69) is 34.3 Å². The van der Waals surface area contributed by atoms with Crippen LogP contribution in [0.4, 0.5) is 5.82 Å². The van der Waals surface area contributed by atoms with E-state index in [4.69, 9.17) is 4.74 Å². The van der Waals surface area contributed by atoms with E-state index in [1.54, 1.807) is 0 Å². The molecule has 5 heteroatoms. The minimum Gasteiger partial charge on any atom is -0.478 e. The number of ether oxygens (including phenoxy) is 1. The molecule has 0 amide bonds. The van der Waals surface area contributed by atoms with Gasteiger partial charge in [-0.1, -0.05) is 6.42 Å². The topological polar surface area (TPSA) is 50.3 Å². The molecule has 0 aromatic carbocycles. The van der Waals surface area contributed by atoms with Gasteiger partial charge in [-0.05, 0) is 40.5 Å². The molecule has 0 saturated carbocycles. The van der Waals surface area contributed by atoms with Crippen molar-refractivity contribution in [2.24, 2.45) is 0 Å².